The highest BCUT2D eigenvalue weighted by atomic mass is 16.5. The van der Waals surface area contributed by atoms with Gasteiger partial charge in [0.1, 0.15) is 5.75 Å². The van der Waals surface area contributed by atoms with E-state index in [1.54, 1.807) is 30.2 Å². The quantitative estimate of drug-likeness (QED) is 0.597. The highest BCUT2D eigenvalue weighted by molar-refractivity contribution is 5.90. The Hall–Kier alpha value is -3.59. The molecule has 0 aliphatic carbocycles. The fraction of sp³-hybridized carbons (Fsp3) is 0.444. The van der Waals surface area contributed by atoms with Crippen molar-refractivity contribution in [3.05, 3.63) is 59.7 Å². The van der Waals surface area contributed by atoms with Crippen molar-refractivity contribution in [2.24, 2.45) is 5.92 Å². The van der Waals surface area contributed by atoms with Crippen LogP contribution in [-0.2, 0) is 16.1 Å². The van der Waals surface area contributed by atoms with Crippen molar-refractivity contribution in [3.63, 3.8) is 0 Å². The minimum absolute atomic E-state index is 0.0660. The van der Waals surface area contributed by atoms with Crippen LogP contribution in [0.3, 0.4) is 0 Å². The van der Waals surface area contributed by atoms with Crippen molar-refractivity contribution in [3.8, 4) is 5.75 Å². The third-order valence-corrected chi connectivity index (χ3v) is 7.05. The maximum Gasteiger partial charge on any atom is 0.337 e. The van der Waals surface area contributed by atoms with Gasteiger partial charge in [0, 0.05) is 44.2 Å². The lowest BCUT2D eigenvalue weighted by atomic mass is 9.95. The number of hydrogen-bond donors (Lipinski definition) is 2. The molecule has 0 bridgehead atoms. The number of amides is 3. The summed E-state index contributed by atoms with van der Waals surface area (Å²) in [6.07, 6.45) is 1.24. The fourth-order valence-electron chi connectivity index (χ4n) is 4.93. The Bertz CT molecular complexity index is 1110. The summed E-state index contributed by atoms with van der Waals surface area (Å²) in [6.45, 7) is 5.52. The van der Waals surface area contributed by atoms with Gasteiger partial charge in [0.05, 0.1) is 31.5 Å². The molecule has 1 atom stereocenters. The van der Waals surface area contributed by atoms with Crippen molar-refractivity contribution in [2.45, 2.75) is 44.9 Å². The van der Waals surface area contributed by atoms with Crippen LogP contribution in [0.1, 0.15) is 42.6 Å². The van der Waals surface area contributed by atoms with Gasteiger partial charge in [-0.3, -0.25) is 10.1 Å². The maximum absolute atomic E-state index is 13.4. The molecule has 0 aromatic heterocycles. The molecule has 9 nitrogen and oxygen atoms in total. The molecule has 192 valence electrons. The number of benzene rings is 2. The van der Waals surface area contributed by atoms with Crippen LogP contribution in [0.25, 0.3) is 0 Å². The number of nitrogens with zero attached hydrogens (tertiary/aromatic N) is 2. The number of rotatable bonds is 6. The smallest absolute Gasteiger partial charge is 0.337 e. The van der Waals surface area contributed by atoms with Crippen molar-refractivity contribution >= 4 is 23.6 Å². The van der Waals surface area contributed by atoms with Gasteiger partial charge < -0.3 is 24.6 Å². The van der Waals surface area contributed by atoms with E-state index in [2.05, 4.69) is 10.6 Å². The number of anilines is 1. The Labute approximate surface area is 211 Å². The second kappa shape index (κ2) is 10.6. The highest BCUT2D eigenvalue weighted by Crippen LogP contribution is 2.35. The van der Waals surface area contributed by atoms with E-state index in [0.717, 1.165) is 5.56 Å². The van der Waals surface area contributed by atoms with E-state index in [4.69, 9.17) is 9.47 Å². The van der Waals surface area contributed by atoms with Crippen LogP contribution in [0.4, 0.5) is 10.5 Å². The molecule has 2 heterocycles. The van der Waals surface area contributed by atoms with E-state index in [9.17, 15) is 14.4 Å². The molecule has 2 aromatic carbocycles. The lowest BCUT2D eigenvalue weighted by Gasteiger charge is -2.44. The van der Waals surface area contributed by atoms with Gasteiger partial charge in [0.15, 0.2) is 0 Å². The first-order valence-electron chi connectivity index (χ1n) is 12.2. The van der Waals surface area contributed by atoms with Gasteiger partial charge in [-0.05, 0) is 35.7 Å². The maximum atomic E-state index is 13.4. The highest BCUT2D eigenvalue weighted by Gasteiger charge is 2.52. The first kappa shape index (κ1) is 25.5. The van der Waals surface area contributed by atoms with E-state index in [-0.39, 0.29) is 23.9 Å². The molecule has 2 fully saturated rings. The minimum atomic E-state index is -0.528. The Morgan fingerprint density at radius 1 is 1.11 bits per heavy atom. The van der Waals surface area contributed by atoms with Gasteiger partial charge in [-0.25, -0.2) is 9.59 Å². The Morgan fingerprint density at radius 3 is 2.42 bits per heavy atom. The molecular formula is C27H34N4O5. The van der Waals surface area contributed by atoms with Gasteiger partial charge in [-0.2, -0.15) is 0 Å². The summed E-state index contributed by atoms with van der Waals surface area (Å²) in [7, 11) is 2.94. The summed E-state index contributed by atoms with van der Waals surface area (Å²) >= 11 is 0. The molecule has 4 rings (SSSR count). The number of esters is 1. The Morgan fingerprint density at radius 2 is 1.81 bits per heavy atom. The zero-order chi connectivity index (χ0) is 25.9. The monoisotopic (exact) mass is 494 g/mol. The SMILES string of the molecule is COC(=O)c1ccc(CN2C(=O)C(C(C)C)NC23CCN(C(=O)Nc2cccc(OC)c2)CC3)cc1. The molecule has 1 unspecified atom stereocenters. The third-order valence-electron chi connectivity index (χ3n) is 7.05. The molecule has 36 heavy (non-hydrogen) atoms. The van der Waals surface area contributed by atoms with Crippen LogP contribution in [-0.4, -0.2) is 66.7 Å². The largest absolute Gasteiger partial charge is 0.497 e. The molecule has 3 amide bonds. The van der Waals surface area contributed by atoms with Crippen molar-refractivity contribution < 1.29 is 23.9 Å². The van der Waals surface area contributed by atoms with Crippen LogP contribution >= 0.6 is 0 Å². The second-order valence-corrected chi connectivity index (χ2v) is 9.66. The van der Waals surface area contributed by atoms with Crippen LogP contribution < -0.4 is 15.4 Å². The van der Waals surface area contributed by atoms with Crippen molar-refractivity contribution in [1.29, 1.82) is 0 Å². The molecule has 0 radical (unpaired) electrons. The molecule has 2 aromatic rings. The number of nitrogens with one attached hydrogen (secondary N) is 2. The number of carbonyl (C=O) groups excluding carboxylic acids is 3. The van der Waals surface area contributed by atoms with E-state index in [1.165, 1.54) is 7.11 Å². The molecule has 0 saturated carbocycles. The normalized spacial score (nSPS) is 19.0. The van der Waals surface area contributed by atoms with Crippen LogP contribution in [0.5, 0.6) is 5.75 Å². The van der Waals surface area contributed by atoms with Crippen LogP contribution in [0.2, 0.25) is 0 Å². The first-order valence-corrected chi connectivity index (χ1v) is 12.2. The summed E-state index contributed by atoms with van der Waals surface area (Å²) in [5.41, 5.74) is 1.54. The predicted octanol–water partition coefficient (Wildman–Crippen LogP) is 3.46. The van der Waals surface area contributed by atoms with Gasteiger partial charge in [-0.15, -0.1) is 0 Å². The fourth-order valence-corrected chi connectivity index (χ4v) is 4.93. The molecule has 2 saturated heterocycles. The van der Waals surface area contributed by atoms with E-state index in [1.807, 2.05) is 49.1 Å². The summed E-state index contributed by atoms with van der Waals surface area (Å²) in [5, 5.41) is 6.56. The molecule has 2 N–H and O–H groups in total. The average Bonchev–Trinajstić information content (AvgIpc) is 3.15. The van der Waals surface area contributed by atoms with Crippen molar-refractivity contribution in [2.75, 3.05) is 32.6 Å². The zero-order valence-corrected chi connectivity index (χ0v) is 21.2. The van der Waals surface area contributed by atoms with E-state index < -0.39 is 11.6 Å². The summed E-state index contributed by atoms with van der Waals surface area (Å²) in [5.74, 6) is 0.484. The lowest BCUT2D eigenvalue weighted by Crippen LogP contribution is -2.59. The molecule has 2 aliphatic rings. The Kier molecular flexibility index (Phi) is 7.49. The van der Waals surface area contributed by atoms with Crippen molar-refractivity contribution in [1.82, 2.24) is 15.1 Å². The zero-order valence-electron chi connectivity index (χ0n) is 21.2. The van der Waals surface area contributed by atoms with Gasteiger partial charge in [0.25, 0.3) is 0 Å². The number of carbonyl (C=O) groups is 3. The number of urea groups is 1. The molecule has 9 heteroatoms. The predicted molar refractivity (Wildman–Crippen MR) is 136 cm³/mol. The van der Waals surface area contributed by atoms with Gasteiger partial charge >= 0.3 is 12.0 Å². The van der Waals surface area contributed by atoms with E-state index in [0.29, 0.717) is 49.5 Å². The summed E-state index contributed by atoms with van der Waals surface area (Å²) in [6, 6.07) is 13.9. The van der Waals surface area contributed by atoms with Crippen LogP contribution in [0, 0.1) is 5.92 Å². The molecular weight excluding hydrogens is 460 g/mol. The molecule has 1 spiro atoms. The second-order valence-electron chi connectivity index (χ2n) is 9.66. The standard InChI is InChI=1S/C27H34N4O5/c1-18(2)23-24(32)31(17-19-8-10-20(11-9-19)25(33)36-4)27(29-23)12-14-30(15-13-27)26(34)28-21-6-5-7-22(16-21)35-3/h5-11,16,18,23,29H,12-15,17H2,1-4H3,(H,28,34). The average molecular weight is 495 g/mol. The summed E-state index contributed by atoms with van der Waals surface area (Å²) in [4.78, 5) is 41.8. The molecule has 2 aliphatic heterocycles. The lowest BCUT2D eigenvalue weighted by molar-refractivity contribution is -0.134. The van der Waals surface area contributed by atoms with Crippen LogP contribution in [0.15, 0.2) is 48.5 Å². The topological polar surface area (TPSA) is 100 Å². The number of piperidine rings is 1. The Balaban J connectivity index is 1.47. The first-order chi connectivity index (χ1) is 17.3. The van der Waals surface area contributed by atoms with Gasteiger partial charge in [-0.1, -0.05) is 32.0 Å². The number of likely N-dealkylation sites (tertiary alicyclic amines) is 1. The minimum Gasteiger partial charge on any atom is -0.497 e. The van der Waals surface area contributed by atoms with Gasteiger partial charge in [0.2, 0.25) is 5.91 Å². The number of methoxy groups -OCH3 is 2. The van der Waals surface area contributed by atoms with E-state index >= 15 is 0 Å². The number of hydrogen-bond acceptors (Lipinski definition) is 6. The summed E-state index contributed by atoms with van der Waals surface area (Å²) < 4.78 is 10.0. The third kappa shape index (κ3) is 5.16. The number of ether oxygens (including phenoxy) is 2.